The van der Waals surface area contributed by atoms with Crippen molar-refractivity contribution in [3.63, 3.8) is 0 Å². The van der Waals surface area contributed by atoms with E-state index in [-0.39, 0.29) is 12.5 Å². The zero-order chi connectivity index (χ0) is 14.3. The molecule has 0 atom stereocenters. The third-order valence-corrected chi connectivity index (χ3v) is 2.86. The second-order valence-corrected chi connectivity index (χ2v) is 4.06. The molecule has 0 radical (unpaired) electrons. The zero-order valence-corrected chi connectivity index (χ0v) is 11.7. The third-order valence-electron chi connectivity index (χ3n) is 2.86. The van der Waals surface area contributed by atoms with Crippen LogP contribution in [0.25, 0.3) is 0 Å². The summed E-state index contributed by atoms with van der Waals surface area (Å²) in [6.45, 7) is 6.13. The van der Waals surface area contributed by atoms with Gasteiger partial charge in [0.25, 0.3) is 0 Å². The van der Waals surface area contributed by atoms with Crippen molar-refractivity contribution in [2.75, 3.05) is 26.7 Å². The first-order chi connectivity index (χ1) is 9.12. The van der Waals surface area contributed by atoms with E-state index in [1.54, 1.807) is 17.0 Å². The van der Waals surface area contributed by atoms with Gasteiger partial charge in [-0.2, -0.15) is 0 Å². The topological polar surface area (TPSA) is 74.4 Å². The first kappa shape index (κ1) is 15.2. The molecule has 0 unspecified atom stereocenters. The molecular formula is C13H21N3O3. The lowest BCUT2D eigenvalue weighted by Crippen LogP contribution is -2.37. The van der Waals surface area contributed by atoms with Gasteiger partial charge in [-0.15, -0.1) is 0 Å². The van der Waals surface area contributed by atoms with E-state index >= 15 is 0 Å². The van der Waals surface area contributed by atoms with Gasteiger partial charge in [-0.3, -0.25) is 4.79 Å². The van der Waals surface area contributed by atoms with Gasteiger partial charge in [0, 0.05) is 25.3 Å². The summed E-state index contributed by atoms with van der Waals surface area (Å²) in [5.74, 6) is -0.324. The first-order valence-electron chi connectivity index (χ1n) is 6.37. The Morgan fingerprint density at radius 2 is 2.00 bits per heavy atom. The average molecular weight is 267 g/mol. The summed E-state index contributed by atoms with van der Waals surface area (Å²) in [7, 11) is 1.34. The van der Waals surface area contributed by atoms with Crippen LogP contribution in [-0.2, 0) is 16.1 Å². The number of nitrogens with one attached hydrogen (secondary N) is 2. The van der Waals surface area contributed by atoms with Gasteiger partial charge in [0.1, 0.15) is 5.69 Å². The van der Waals surface area contributed by atoms with Crippen molar-refractivity contribution in [2.45, 2.75) is 20.4 Å². The van der Waals surface area contributed by atoms with Crippen LogP contribution in [-0.4, -0.2) is 48.5 Å². The summed E-state index contributed by atoms with van der Waals surface area (Å²) in [6.07, 6.45) is 0. The van der Waals surface area contributed by atoms with Crippen molar-refractivity contribution in [3.05, 3.63) is 23.5 Å². The Labute approximate surface area is 113 Å². The monoisotopic (exact) mass is 267 g/mol. The minimum atomic E-state index is -0.398. The maximum atomic E-state index is 11.7. The van der Waals surface area contributed by atoms with Gasteiger partial charge in [0.05, 0.1) is 13.7 Å². The van der Waals surface area contributed by atoms with Crippen LogP contribution in [0.5, 0.6) is 0 Å². The van der Waals surface area contributed by atoms with Crippen LogP contribution < -0.4 is 5.32 Å². The molecule has 1 amide bonds. The molecule has 0 aliphatic carbocycles. The molecule has 0 aliphatic rings. The van der Waals surface area contributed by atoms with Crippen LogP contribution in [0.4, 0.5) is 0 Å². The molecule has 6 heteroatoms. The number of nitrogens with zero attached hydrogens (tertiary/aromatic N) is 1. The molecule has 0 fully saturated rings. The van der Waals surface area contributed by atoms with E-state index in [1.807, 2.05) is 13.8 Å². The Morgan fingerprint density at radius 1 is 1.32 bits per heavy atom. The molecule has 1 heterocycles. The SMILES string of the molecule is CCN(CC)C(=O)CNCc1ccc(C(=O)OC)[nH]1. The van der Waals surface area contributed by atoms with E-state index in [2.05, 4.69) is 15.0 Å². The van der Waals surface area contributed by atoms with E-state index in [0.717, 1.165) is 5.69 Å². The summed E-state index contributed by atoms with van der Waals surface area (Å²) in [5.41, 5.74) is 1.25. The van der Waals surface area contributed by atoms with E-state index < -0.39 is 5.97 Å². The minimum Gasteiger partial charge on any atom is -0.464 e. The van der Waals surface area contributed by atoms with Gasteiger partial charge in [-0.05, 0) is 26.0 Å². The molecule has 1 rings (SSSR count). The van der Waals surface area contributed by atoms with E-state index in [1.165, 1.54) is 7.11 Å². The highest BCUT2D eigenvalue weighted by atomic mass is 16.5. The highest BCUT2D eigenvalue weighted by Gasteiger charge is 2.10. The summed E-state index contributed by atoms with van der Waals surface area (Å²) in [4.78, 5) is 27.7. The summed E-state index contributed by atoms with van der Waals surface area (Å²) in [6, 6.07) is 3.45. The number of hydrogen-bond acceptors (Lipinski definition) is 4. The number of aromatic amines is 1. The second kappa shape index (κ2) is 7.58. The fourth-order valence-electron chi connectivity index (χ4n) is 1.76. The van der Waals surface area contributed by atoms with E-state index in [0.29, 0.717) is 25.3 Å². The largest absolute Gasteiger partial charge is 0.464 e. The maximum Gasteiger partial charge on any atom is 0.354 e. The van der Waals surface area contributed by atoms with Crippen molar-refractivity contribution < 1.29 is 14.3 Å². The molecule has 0 aliphatic heterocycles. The van der Waals surface area contributed by atoms with E-state index in [4.69, 9.17) is 0 Å². The number of amides is 1. The van der Waals surface area contributed by atoms with Crippen LogP contribution in [0.3, 0.4) is 0 Å². The molecule has 106 valence electrons. The van der Waals surface area contributed by atoms with Crippen molar-refractivity contribution in [1.29, 1.82) is 0 Å². The van der Waals surface area contributed by atoms with Crippen LogP contribution in [0.1, 0.15) is 30.0 Å². The number of rotatable bonds is 7. The predicted molar refractivity (Wildman–Crippen MR) is 71.8 cm³/mol. The van der Waals surface area contributed by atoms with Crippen molar-refractivity contribution in [2.24, 2.45) is 0 Å². The summed E-state index contributed by atoms with van der Waals surface area (Å²) < 4.78 is 4.60. The lowest BCUT2D eigenvalue weighted by atomic mass is 10.4. The smallest absolute Gasteiger partial charge is 0.354 e. The van der Waals surface area contributed by atoms with Gasteiger partial charge >= 0.3 is 5.97 Å². The lowest BCUT2D eigenvalue weighted by Gasteiger charge is -2.18. The van der Waals surface area contributed by atoms with E-state index in [9.17, 15) is 9.59 Å². The minimum absolute atomic E-state index is 0.0738. The van der Waals surface area contributed by atoms with Gasteiger partial charge in [-0.25, -0.2) is 4.79 Å². The lowest BCUT2D eigenvalue weighted by molar-refractivity contribution is -0.129. The number of methoxy groups -OCH3 is 1. The Bertz CT molecular complexity index is 425. The van der Waals surface area contributed by atoms with Gasteiger partial charge in [0.15, 0.2) is 0 Å². The highest BCUT2D eigenvalue weighted by molar-refractivity contribution is 5.87. The van der Waals surface area contributed by atoms with Gasteiger partial charge < -0.3 is 19.9 Å². The molecule has 0 aromatic carbocycles. The summed E-state index contributed by atoms with van der Waals surface area (Å²) in [5, 5.41) is 3.05. The number of esters is 1. The van der Waals surface area contributed by atoms with Crippen LogP contribution in [0.15, 0.2) is 12.1 Å². The standard InChI is InChI=1S/C13H21N3O3/c1-4-16(5-2)12(17)9-14-8-10-6-7-11(15-10)13(18)19-3/h6-7,14-15H,4-5,8-9H2,1-3H3. The second-order valence-electron chi connectivity index (χ2n) is 4.06. The highest BCUT2D eigenvalue weighted by Crippen LogP contribution is 2.03. The number of carbonyl (C=O) groups excluding carboxylic acids is 2. The Morgan fingerprint density at radius 3 is 2.58 bits per heavy atom. The molecule has 1 aromatic heterocycles. The van der Waals surface area contributed by atoms with Crippen LogP contribution in [0, 0.1) is 0 Å². The number of hydrogen-bond donors (Lipinski definition) is 2. The number of carbonyl (C=O) groups is 2. The summed E-state index contributed by atoms with van der Waals surface area (Å²) >= 11 is 0. The predicted octanol–water partition coefficient (Wildman–Crippen LogP) is 0.759. The number of ether oxygens (including phenoxy) is 1. The Hall–Kier alpha value is -1.82. The normalized spacial score (nSPS) is 10.3. The molecule has 6 nitrogen and oxygen atoms in total. The first-order valence-corrected chi connectivity index (χ1v) is 6.37. The van der Waals surface area contributed by atoms with Crippen LogP contribution >= 0.6 is 0 Å². The molecule has 0 spiro atoms. The van der Waals surface area contributed by atoms with Crippen molar-refractivity contribution >= 4 is 11.9 Å². The Balaban J connectivity index is 2.39. The average Bonchev–Trinajstić information content (AvgIpc) is 2.88. The zero-order valence-electron chi connectivity index (χ0n) is 11.7. The van der Waals surface area contributed by atoms with Gasteiger partial charge in [0.2, 0.25) is 5.91 Å². The quantitative estimate of drug-likeness (QED) is 0.715. The molecule has 19 heavy (non-hydrogen) atoms. The molecule has 0 saturated carbocycles. The number of aromatic nitrogens is 1. The number of likely N-dealkylation sites (N-methyl/N-ethyl adjacent to an activating group) is 1. The third kappa shape index (κ3) is 4.40. The van der Waals surface area contributed by atoms with Crippen molar-refractivity contribution in [3.8, 4) is 0 Å². The molecule has 0 bridgehead atoms. The Kier molecular flexibility index (Phi) is 6.08. The fraction of sp³-hybridized carbons (Fsp3) is 0.538. The van der Waals surface area contributed by atoms with Crippen LogP contribution in [0.2, 0.25) is 0 Å². The number of H-pyrrole nitrogens is 1. The molecular weight excluding hydrogens is 246 g/mol. The molecule has 1 aromatic rings. The molecule has 0 saturated heterocycles. The molecule has 2 N–H and O–H groups in total. The van der Waals surface area contributed by atoms with Gasteiger partial charge in [-0.1, -0.05) is 0 Å². The fourth-order valence-corrected chi connectivity index (χ4v) is 1.76. The maximum absolute atomic E-state index is 11.7. The van der Waals surface area contributed by atoms with Crippen molar-refractivity contribution in [1.82, 2.24) is 15.2 Å².